The van der Waals surface area contributed by atoms with Crippen molar-refractivity contribution >= 4 is 22.8 Å². The van der Waals surface area contributed by atoms with E-state index in [2.05, 4.69) is 32.1 Å². The van der Waals surface area contributed by atoms with Crippen LogP contribution in [0.25, 0.3) is 16.7 Å². The molecule has 4 aromatic rings. The molecular weight excluding hydrogens is 444 g/mol. The summed E-state index contributed by atoms with van der Waals surface area (Å²) in [5.41, 5.74) is 2.63. The summed E-state index contributed by atoms with van der Waals surface area (Å²) in [5.74, 6) is 2.03. The topological polar surface area (TPSA) is 105 Å². The first-order valence-corrected chi connectivity index (χ1v) is 11.8. The Balaban J connectivity index is 1.24. The Morgan fingerprint density at radius 3 is 2.74 bits per heavy atom. The highest BCUT2D eigenvalue weighted by molar-refractivity contribution is 5.98. The number of aliphatic hydroxyl groups is 1. The van der Waals surface area contributed by atoms with E-state index in [9.17, 15) is 4.79 Å². The third-order valence-electron chi connectivity index (χ3n) is 6.15. The molecule has 1 saturated heterocycles. The molecule has 1 aliphatic rings. The van der Waals surface area contributed by atoms with Gasteiger partial charge in [0.25, 0.3) is 5.91 Å². The largest absolute Gasteiger partial charge is 0.487 e. The highest BCUT2D eigenvalue weighted by atomic mass is 16.5. The van der Waals surface area contributed by atoms with Crippen LogP contribution in [0.4, 0.5) is 5.95 Å². The summed E-state index contributed by atoms with van der Waals surface area (Å²) in [7, 11) is 0. The van der Waals surface area contributed by atoms with Crippen molar-refractivity contribution in [3.8, 4) is 11.6 Å². The molecule has 0 spiro atoms. The number of nitrogens with one attached hydrogen (secondary N) is 1. The number of carbonyl (C=O) groups is 1. The minimum Gasteiger partial charge on any atom is -0.487 e. The van der Waals surface area contributed by atoms with Gasteiger partial charge in [-0.05, 0) is 48.4 Å². The summed E-state index contributed by atoms with van der Waals surface area (Å²) in [6.07, 6.45) is 9.33. The molecule has 1 aromatic carbocycles. The summed E-state index contributed by atoms with van der Waals surface area (Å²) in [4.78, 5) is 27.9. The molecule has 9 heteroatoms. The van der Waals surface area contributed by atoms with Crippen LogP contribution in [-0.2, 0) is 6.42 Å². The van der Waals surface area contributed by atoms with Crippen molar-refractivity contribution in [2.75, 3.05) is 31.1 Å². The third kappa shape index (κ3) is 4.95. The normalized spacial score (nSPS) is 15.5. The van der Waals surface area contributed by atoms with E-state index in [0.717, 1.165) is 59.9 Å². The summed E-state index contributed by atoms with van der Waals surface area (Å²) < 4.78 is 8.15. The summed E-state index contributed by atoms with van der Waals surface area (Å²) in [5, 5.41) is 12.5. The maximum absolute atomic E-state index is 12.2. The van der Waals surface area contributed by atoms with Gasteiger partial charge in [-0.1, -0.05) is 6.92 Å². The second kappa shape index (κ2) is 10.1. The molecule has 4 heterocycles. The van der Waals surface area contributed by atoms with Crippen LogP contribution >= 0.6 is 0 Å². The minimum absolute atomic E-state index is 0.0555. The quantitative estimate of drug-likeness (QED) is 0.406. The lowest BCUT2D eigenvalue weighted by molar-refractivity contribution is 0.0945. The van der Waals surface area contributed by atoms with E-state index in [1.54, 1.807) is 12.3 Å². The lowest BCUT2D eigenvalue weighted by Crippen LogP contribution is -2.26. The number of pyridine rings is 1. The number of hydrogen-bond donors (Lipinski definition) is 2. The van der Waals surface area contributed by atoms with Gasteiger partial charge in [-0.2, -0.15) is 0 Å². The molecule has 0 aliphatic carbocycles. The number of anilines is 1. The summed E-state index contributed by atoms with van der Waals surface area (Å²) in [6.45, 7) is 3.83. The number of benzene rings is 1. The van der Waals surface area contributed by atoms with Gasteiger partial charge in [0.15, 0.2) is 0 Å². The van der Waals surface area contributed by atoms with Crippen molar-refractivity contribution in [3.05, 3.63) is 72.3 Å². The number of hydrogen-bond acceptors (Lipinski definition) is 7. The maximum atomic E-state index is 12.2. The summed E-state index contributed by atoms with van der Waals surface area (Å²) in [6, 6.07) is 11.3. The number of rotatable bonds is 8. The van der Waals surface area contributed by atoms with Gasteiger partial charge in [-0.15, -0.1) is 0 Å². The molecule has 1 fully saturated rings. The fourth-order valence-electron chi connectivity index (χ4n) is 4.23. The van der Waals surface area contributed by atoms with E-state index in [0.29, 0.717) is 5.56 Å². The van der Waals surface area contributed by atoms with Crippen LogP contribution in [0.5, 0.6) is 5.75 Å². The van der Waals surface area contributed by atoms with Gasteiger partial charge >= 0.3 is 0 Å². The number of aryl methyl sites for hydroxylation is 1. The van der Waals surface area contributed by atoms with Gasteiger partial charge in [-0.3, -0.25) is 4.79 Å². The van der Waals surface area contributed by atoms with Crippen molar-refractivity contribution in [1.82, 2.24) is 24.8 Å². The van der Waals surface area contributed by atoms with E-state index in [4.69, 9.17) is 9.84 Å². The zero-order chi connectivity index (χ0) is 24.2. The number of aromatic nitrogens is 4. The van der Waals surface area contributed by atoms with E-state index in [-0.39, 0.29) is 25.2 Å². The van der Waals surface area contributed by atoms with Gasteiger partial charge in [-0.25, -0.2) is 15.0 Å². The van der Waals surface area contributed by atoms with Crippen molar-refractivity contribution in [1.29, 1.82) is 0 Å². The molecule has 3 aromatic heterocycles. The lowest BCUT2D eigenvalue weighted by atomic mass is 10.1. The number of fused-ring (bicyclic) bond motifs is 1. The molecule has 0 saturated carbocycles. The Bertz CT molecular complexity index is 1300. The predicted octanol–water partition coefficient (Wildman–Crippen LogP) is 2.76. The van der Waals surface area contributed by atoms with Crippen LogP contribution < -0.4 is 15.0 Å². The standard InChI is InChI=1S/C26H28N6O3/c1-2-18-14-29-26(30-15-18)31-10-8-22(17-31)35-21-4-6-24(28-16-21)32-11-7-19-13-20(3-5-23(19)32)25(34)27-9-12-33/h3-7,11,13-16,22,33H,2,8-10,12,17H2,1H3,(H,27,34). The Morgan fingerprint density at radius 1 is 1.14 bits per heavy atom. The second-order valence-corrected chi connectivity index (χ2v) is 8.51. The molecule has 1 unspecified atom stereocenters. The van der Waals surface area contributed by atoms with E-state index in [1.807, 2.05) is 53.5 Å². The molecule has 1 atom stereocenters. The fraction of sp³-hybridized carbons (Fsp3) is 0.308. The van der Waals surface area contributed by atoms with Crippen molar-refractivity contribution in [2.45, 2.75) is 25.9 Å². The molecule has 1 aliphatic heterocycles. The number of nitrogens with zero attached hydrogens (tertiary/aromatic N) is 5. The molecule has 9 nitrogen and oxygen atoms in total. The monoisotopic (exact) mass is 472 g/mol. The van der Waals surface area contributed by atoms with Crippen molar-refractivity contribution < 1.29 is 14.6 Å². The molecule has 0 bridgehead atoms. The van der Waals surface area contributed by atoms with Crippen LogP contribution in [-0.4, -0.2) is 62.9 Å². The Hall–Kier alpha value is -3.98. The lowest BCUT2D eigenvalue weighted by Gasteiger charge is -2.17. The van der Waals surface area contributed by atoms with Crippen molar-refractivity contribution in [3.63, 3.8) is 0 Å². The highest BCUT2D eigenvalue weighted by Crippen LogP contribution is 2.24. The minimum atomic E-state index is -0.205. The van der Waals surface area contributed by atoms with Gasteiger partial charge < -0.3 is 24.6 Å². The van der Waals surface area contributed by atoms with Crippen LogP contribution in [0.1, 0.15) is 29.3 Å². The zero-order valence-electron chi connectivity index (χ0n) is 19.6. The average molecular weight is 473 g/mol. The predicted molar refractivity (Wildman–Crippen MR) is 133 cm³/mol. The van der Waals surface area contributed by atoms with Crippen LogP contribution in [0.3, 0.4) is 0 Å². The number of aliphatic hydroxyl groups excluding tert-OH is 1. The smallest absolute Gasteiger partial charge is 0.251 e. The van der Waals surface area contributed by atoms with E-state index >= 15 is 0 Å². The first-order chi connectivity index (χ1) is 17.1. The fourth-order valence-corrected chi connectivity index (χ4v) is 4.23. The zero-order valence-corrected chi connectivity index (χ0v) is 19.6. The van der Waals surface area contributed by atoms with Gasteiger partial charge in [0, 0.05) is 49.1 Å². The van der Waals surface area contributed by atoms with E-state index in [1.165, 1.54) is 0 Å². The Kier molecular flexibility index (Phi) is 6.58. The number of carbonyl (C=O) groups excluding carboxylic acids is 1. The van der Waals surface area contributed by atoms with Crippen LogP contribution in [0, 0.1) is 0 Å². The number of amides is 1. The second-order valence-electron chi connectivity index (χ2n) is 8.51. The van der Waals surface area contributed by atoms with Crippen molar-refractivity contribution in [2.24, 2.45) is 0 Å². The Labute approximate surface area is 203 Å². The number of ether oxygens (including phenoxy) is 1. The van der Waals surface area contributed by atoms with Gasteiger partial charge in [0.1, 0.15) is 17.7 Å². The third-order valence-corrected chi connectivity index (χ3v) is 6.15. The van der Waals surface area contributed by atoms with Gasteiger partial charge in [0.2, 0.25) is 5.95 Å². The molecule has 1 amide bonds. The maximum Gasteiger partial charge on any atom is 0.251 e. The first-order valence-electron chi connectivity index (χ1n) is 11.8. The van der Waals surface area contributed by atoms with E-state index < -0.39 is 0 Å². The van der Waals surface area contributed by atoms with Crippen LogP contribution in [0.2, 0.25) is 0 Å². The SMILES string of the molecule is CCc1cnc(N2CCC(Oc3ccc(-n4ccc5cc(C(=O)NCCO)ccc54)nc3)C2)nc1. The molecule has 2 N–H and O–H groups in total. The first kappa shape index (κ1) is 22.8. The van der Waals surface area contributed by atoms with Gasteiger partial charge in [0.05, 0.1) is 24.9 Å². The molecular formula is C26H28N6O3. The molecule has 180 valence electrons. The Morgan fingerprint density at radius 2 is 2.00 bits per heavy atom. The molecule has 0 radical (unpaired) electrons. The summed E-state index contributed by atoms with van der Waals surface area (Å²) >= 11 is 0. The molecule has 5 rings (SSSR count). The average Bonchev–Trinajstić information content (AvgIpc) is 3.54. The highest BCUT2D eigenvalue weighted by Gasteiger charge is 2.26. The molecule has 35 heavy (non-hydrogen) atoms. The van der Waals surface area contributed by atoms with Crippen LogP contribution in [0.15, 0.2) is 61.2 Å².